The van der Waals surface area contributed by atoms with Gasteiger partial charge in [0.05, 0.1) is 13.2 Å². The van der Waals surface area contributed by atoms with Crippen LogP contribution >= 0.6 is 34.2 Å². The standard InChI is InChI=1S/C12H12ClIO3/c1-17-12(16)8(7-14)6-11(15)9-4-2-3-5-10(9)13/h2-5,7,11,15H,6H2,1H3/b8-7+. The Hall–Kier alpha value is -0.590. The van der Waals surface area contributed by atoms with E-state index in [1.165, 1.54) is 7.11 Å². The Morgan fingerprint density at radius 1 is 1.59 bits per heavy atom. The first-order valence-corrected chi connectivity index (χ1v) is 6.52. The highest BCUT2D eigenvalue weighted by Crippen LogP contribution is 2.27. The van der Waals surface area contributed by atoms with Crippen molar-refractivity contribution in [1.29, 1.82) is 0 Å². The molecule has 1 aromatic carbocycles. The van der Waals surface area contributed by atoms with Gasteiger partial charge in [-0.1, -0.05) is 52.4 Å². The average molecular weight is 367 g/mol. The third-order valence-electron chi connectivity index (χ3n) is 2.26. The van der Waals surface area contributed by atoms with Gasteiger partial charge in [-0.2, -0.15) is 0 Å². The molecule has 1 rings (SSSR count). The Labute approximate surface area is 119 Å². The molecule has 5 heteroatoms. The van der Waals surface area contributed by atoms with Gasteiger partial charge >= 0.3 is 5.97 Å². The summed E-state index contributed by atoms with van der Waals surface area (Å²) in [4.78, 5) is 11.4. The quantitative estimate of drug-likeness (QED) is 0.505. The molecule has 0 aliphatic carbocycles. The molecule has 3 nitrogen and oxygen atoms in total. The molecule has 0 amide bonds. The topological polar surface area (TPSA) is 46.5 Å². The van der Waals surface area contributed by atoms with Gasteiger partial charge in [-0.05, 0) is 15.7 Å². The zero-order valence-electron chi connectivity index (χ0n) is 9.19. The number of benzene rings is 1. The number of ether oxygens (including phenoxy) is 1. The number of carbonyl (C=O) groups excluding carboxylic acids is 1. The summed E-state index contributed by atoms with van der Waals surface area (Å²) in [6, 6.07) is 7.00. The van der Waals surface area contributed by atoms with E-state index in [0.29, 0.717) is 16.2 Å². The van der Waals surface area contributed by atoms with Crippen LogP contribution in [-0.4, -0.2) is 18.2 Å². The van der Waals surface area contributed by atoms with E-state index < -0.39 is 12.1 Å². The Balaban J connectivity index is 2.82. The Bertz CT molecular complexity index is 432. The zero-order valence-corrected chi connectivity index (χ0v) is 12.1. The molecule has 0 fully saturated rings. The van der Waals surface area contributed by atoms with Crippen LogP contribution in [0.5, 0.6) is 0 Å². The Morgan fingerprint density at radius 2 is 2.24 bits per heavy atom. The molecule has 1 unspecified atom stereocenters. The van der Waals surface area contributed by atoms with E-state index in [0.717, 1.165) is 0 Å². The van der Waals surface area contributed by atoms with Gasteiger partial charge in [0.25, 0.3) is 0 Å². The first-order chi connectivity index (χ1) is 8.10. The number of esters is 1. The SMILES string of the molecule is COC(=O)/C(=C/I)CC(O)c1ccccc1Cl. The number of aliphatic hydroxyl groups excluding tert-OH is 1. The van der Waals surface area contributed by atoms with E-state index in [1.54, 1.807) is 28.3 Å². The van der Waals surface area contributed by atoms with Crippen molar-refractivity contribution in [3.8, 4) is 0 Å². The van der Waals surface area contributed by atoms with Crippen molar-refractivity contribution in [3.63, 3.8) is 0 Å². The van der Waals surface area contributed by atoms with E-state index in [4.69, 9.17) is 11.6 Å². The molecule has 0 bridgehead atoms. The maximum absolute atomic E-state index is 11.4. The Kier molecular flexibility index (Phi) is 5.94. The normalized spacial score (nSPS) is 13.3. The number of hydrogen-bond donors (Lipinski definition) is 1. The van der Waals surface area contributed by atoms with Gasteiger partial charge in [0.2, 0.25) is 0 Å². The van der Waals surface area contributed by atoms with Crippen LogP contribution in [0.4, 0.5) is 0 Å². The van der Waals surface area contributed by atoms with Gasteiger partial charge in [0.1, 0.15) is 0 Å². The van der Waals surface area contributed by atoms with Gasteiger partial charge in [-0.25, -0.2) is 4.79 Å². The molecule has 0 aliphatic rings. The van der Waals surface area contributed by atoms with Crippen molar-refractivity contribution in [3.05, 3.63) is 44.5 Å². The second-order valence-electron chi connectivity index (χ2n) is 3.37. The molecule has 0 saturated carbocycles. The lowest BCUT2D eigenvalue weighted by Crippen LogP contribution is -2.09. The van der Waals surface area contributed by atoms with E-state index in [-0.39, 0.29) is 6.42 Å². The number of hydrogen-bond acceptors (Lipinski definition) is 3. The van der Waals surface area contributed by atoms with Crippen molar-refractivity contribution in [2.45, 2.75) is 12.5 Å². The molecule has 1 atom stereocenters. The minimum absolute atomic E-state index is 0.180. The lowest BCUT2D eigenvalue weighted by Gasteiger charge is -2.13. The average Bonchev–Trinajstić information content (AvgIpc) is 2.35. The minimum Gasteiger partial charge on any atom is -0.466 e. The molecule has 92 valence electrons. The molecule has 0 saturated heterocycles. The van der Waals surface area contributed by atoms with E-state index >= 15 is 0 Å². The van der Waals surface area contributed by atoms with E-state index in [9.17, 15) is 9.90 Å². The largest absolute Gasteiger partial charge is 0.466 e. The number of methoxy groups -OCH3 is 1. The second-order valence-corrected chi connectivity index (χ2v) is 4.40. The lowest BCUT2D eigenvalue weighted by molar-refractivity contribution is -0.136. The van der Waals surface area contributed by atoms with Gasteiger partial charge in [0, 0.05) is 17.0 Å². The first-order valence-electron chi connectivity index (χ1n) is 4.90. The van der Waals surface area contributed by atoms with Gasteiger partial charge in [-0.3, -0.25) is 0 Å². The molecule has 0 aromatic heterocycles. The van der Waals surface area contributed by atoms with Crippen LogP contribution in [0.25, 0.3) is 0 Å². The van der Waals surface area contributed by atoms with Crippen LogP contribution in [0.2, 0.25) is 5.02 Å². The predicted octanol–water partition coefficient (Wildman–Crippen LogP) is 3.26. The van der Waals surface area contributed by atoms with Crippen LogP contribution in [0, 0.1) is 0 Å². The van der Waals surface area contributed by atoms with Crippen molar-refractivity contribution < 1.29 is 14.6 Å². The van der Waals surface area contributed by atoms with Crippen molar-refractivity contribution >= 4 is 40.2 Å². The van der Waals surface area contributed by atoms with E-state index in [2.05, 4.69) is 4.74 Å². The fraction of sp³-hybridized carbons (Fsp3) is 0.250. The molecule has 1 N–H and O–H groups in total. The maximum Gasteiger partial charge on any atom is 0.334 e. The third-order valence-corrected chi connectivity index (χ3v) is 3.35. The zero-order chi connectivity index (χ0) is 12.8. The Morgan fingerprint density at radius 3 is 2.76 bits per heavy atom. The fourth-order valence-electron chi connectivity index (χ4n) is 1.37. The lowest BCUT2D eigenvalue weighted by atomic mass is 10.0. The van der Waals surface area contributed by atoms with E-state index in [1.807, 2.05) is 22.6 Å². The minimum atomic E-state index is -0.816. The van der Waals surface area contributed by atoms with Crippen molar-refractivity contribution in [2.24, 2.45) is 0 Å². The summed E-state index contributed by atoms with van der Waals surface area (Å²) in [7, 11) is 1.31. The van der Waals surface area contributed by atoms with Gasteiger partial charge in [0.15, 0.2) is 0 Å². The van der Waals surface area contributed by atoms with Crippen LogP contribution < -0.4 is 0 Å². The van der Waals surface area contributed by atoms with Crippen LogP contribution in [-0.2, 0) is 9.53 Å². The maximum atomic E-state index is 11.4. The van der Waals surface area contributed by atoms with Crippen molar-refractivity contribution in [1.82, 2.24) is 0 Å². The highest BCUT2D eigenvalue weighted by atomic mass is 127. The molecular formula is C12H12ClIO3. The highest BCUT2D eigenvalue weighted by Gasteiger charge is 2.17. The van der Waals surface area contributed by atoms with Crippen LogP contribution in [0.1, 0.15) is 18.1 Å². The smallest absolute Gasteiger partial charge is 0.334 e. The molecule has 1 aromatic rings. The third kappa shape index (κ3) is 3.97. The summed E-state index contributed by atoms with van der Waals surface area (Å²) in [5, 5.41) is 10.5. The van der Waals surface area contributed by atoms with Gasteiger partial charge < -0.3 is 9.84 Å². The summed E-state index contributed by atoms with van der Waals surface area (Å²) < 4.78 is 6.21. The molecule has 0 aliphatic heterocycles. The predicted molar refractivity (Wildman–Crippen MR) is 75.1 cm³/mol. The molecule has 0 radical (unpaired) electrons. The first kappa shape index (κ1) is 14.5. The number of aliphatic hydroxyl groups is 1. The molecular weight excluding hydrogens is 354 g/mol. The number of halogens is 2. The summed E-state index contributed by atoms with van der Waals surface area (Å²) in [6.07, 6.45) is -0.636. The summed E-state index contributed by atoms with van der Waals surface area (Å²) in [5.41, 5.74) is 1.02. The monoisotopic (exact) mass is 366 g/mol. The fourth-order valence-corrected chi connectivity index (χ4v) is 2.14. The summed E-state index contributed by atoms with van der Waals surface area (Å²) in [6.45, 7) is 0. The molecule has 0 heterocycles. The van der Waals surface area contributed by atoms with Crippen LogP contribution in [0.15, 0.2) is 33.9 Å². The van der Waals surface area contributed by atoms with Gasteiger partial charge in [-0.15, -0.1) is 0 Å². The number of carbonyl (C=O) groups is 1. The number of rotatable bonds is 4. The molecule has 17 heavy (non-hydrogen) atoms. The molecule has 0 spiro atoms. The second kappa shape index (κ2) is 6.98. The summed E-state index contributed by atoms with van der Waals surface area (Å²) >= 11 is 7.90. The van der Waals surface area contributed by atoms with Crippen LogP contribution in [0.3, 0.4) is 0 Å². The summed E-state index contributed by atoms with van der Waals surface area (Å²) in [5.74, 6) is -0.439. The van der Waals surface area contributed by atoms with Crippen molar-refractivity contribution in [2.75, 3.05) is 7.11 Å². The highest BCUT2D eigenvalue weighted by molar-refractivity contribution is 14.1.